The Morgan fingerprint density at radius 1 is 0.914 bits per heavy atom. The molecule has 1 heterocycles. The minimum absolute atomic E-state index is 0.0107. The van der Waals surface area contributed by atoms with E-state index < -0.39 is 0 Å². The van der Waals surface area contributed by atoms with Crippen LogP contribution in [0.1, 0.15) is 50.5 Å². The first-order chi connectivity index (χ1) is 17.0. The number of aromatic hydroxyl groups is 1. The van der Waals surface area contributed by atoms with E-state index in [9.17, 15) is 14.7 Å². The molecule has 7 rings (SSSR count). The number of carbonyl (C=O) groups excluding carboxylic acids is 2. The second-order valence-corrected chi connectivity index (χ2v) is 11.8. The monoisotopic (exact) mass is 475 g/mol. The first-order valence-electron chi connectivity index (χ1n) is 13.4. The van der Waals surface area contributed by atoms with Crippen molar-refractivity contribution in [2.24, 2.45) is 23.2 Å². The number of amides is 2. The van der Waals surface area contributed by atoms with E-state index in [0.29, 0.717) is 31.8 Å². The van der Waals surface area contributed by atoms with Crippen LogP contribution < -0.4 is 5.32 Å². The van der Waals surface area contributed by atoms with Crippen LogP contribution in [0.3, 0.4) is 0 Å². The highest BCUT2D eigenvalue weighted by Gasteiger charge is 2.51. The third kappa shape index (κ3) is 4.65. The van der Waals surface area contributed by atoms with E-state index in [0.717, 1.165) is 47.2 Å². The lowest BCUT2D eigenvalue weighted by atomic mass is 9.49. The number of phenols is 1. The van der Waals surface area contributed by atoms with Crippen LogP contribution in [0.2, 0.25) is 0 Å². The first-order valence-corrected chi connectivity index (χ1v) is 13.4. The van der Waals surface area contributed by atoms with Gasteiger partial charge < -0.3 is 15.3 Å². The number of nitrogens with one attached hydrogen (secondary N) is 1. The van der Waals surface area contributed by atoms with Crippen molar-refractivity contribution in [3.05, 3.63) is 42.0 Å². The molecular weight excluding hydrogens is 438 g/mol. The van der Waals surface area contributed by atoms with Crippen molar-refractivity contribution >= 4 is 22.6 Å². The standard InChI is InChI=1S/C29H37N3O3/c33-26-6-5-23-3-1-2-4-24(23)25(26)19-31-7-9-32(10-8-31)28(35)18-30-27(34)17-29-14-20-11-21(15-29)13-22(12-20)16-29/h1-6,20-22,33H,7-19H2,(H,30,34). The van der Waals surface area contributed by atoms with Gasteiger partial charge in [-0.05, 0) is 78.5 Å². The maximum Gasteiger partial charge on any atom is 0.242 e. The Hall–Kier alpha value is -2.60. The largest absolute Gasteiger partial charge is 0.508 e. The molecule has 1 aliphatic heterocycles. The Morgan fingerprint density at radius 2 is 1.57 bits per heavy atom. The summed E-state index contributed by atoms with van der Waals surface area (Å²) in [4.78, 5) is 29.8. The molecule has 5 aliphatic rings. The summed E-state index contributed by atoms with van der Waals surface area (Å²) >= 11 is 0. The van der Waals surface area contributed by atoms with Crippen molar-refractivity contribution in [1.82, 2.24) is 15.1 Å². The molecule has 4 aliphatic carbocycles. The number of hydrogen-bond acceptors (Lipinski definition) is 4. The van der Waals surface area contributed by atoms with Gasteiger partial charge in [0.25, 0.3) is 0 Å². The van der Waals surface area contributed by atoms with Crippen molar-refractivity contribution in [3.63, 3.8) is 0 Å². The summed E-state index contributed by atoms with van der Waals surface area (Å²) in [5.41, 5.74) is 1.15. The SMILES string of the molecule is O=C(CC12CC3CC(CC(C3)C1)C2)NCC(=O)N1CCN(Cc2c(O)ccc3ccccc23)CC1. The van der Waals surface area contributed by atoms with E-state index >= 15 is 0 Å². The second-order valence-electron chi connectivity index (χ2n) is 11.8. The molecule has 6 nitrogen and oxygen atoms in total. The Bertz CT molecular complexity index is 1090. The quantitative estimate of drug-likeness (QED) is 0.665. The number of nitrogens with zero attached hydrogens (tertiary/aromatic N) is 2. The molecule has 0 radical (unpaired) electrons. The highest BCUT2D eigenvalue weighted by Crippen LogP contribution is 2.61. The van der Waals surface area contributed by atoms with Gasteiger partial charge in [0.15, 0.2) is 0 Å². The van der Waals surface area contributed by atoms with Crippen LogP contribution in [0.5, 0.6) is 5.75 Å². The highest BCUT2D eigenvalue weighted by molar-refractivity contribution is 5.87. The van der Waals surface area contributed by atoms with Crippen molar-refractivity contribution in [2.45, 2.75) is 51.5 Å². The van der Waals surface area contributed by atoms with Crippen molar-refractivity contribution in [1.29, 1.82) is 0 Å². The van der Waals surface area contributed by atoms with E-state index in [1.807, 2.05) is 23.1 Å². The maximum atomic E-state index is 12.8. The molecule has 5 fully saturated rings. The summed E-state index contributed by atoms with van der Waals surface area (Å²) in [6, 6.07) is 11.8. The number of hydrogen-bond donors (Lipinski definition) is 2. The third-order valence-electron chi connectivity index (χ3n) is 9.26. The molecule has 2 N–H and O–H groups in total. The summed E-state index contributed by atoms with van der Waals surface area (Å²) in [6.07, 6.45) is 8.40. The summed E-state index contributed by atoms with van der Waals surface area (Å²) in [6.45, 7) is 3.59. The van der Waals surface area contributed by atoms with E-state index in [1.165, 1.54) is 38.5 Å². The molecule has 0 unspecified atom stereocenters. The number of benzene rings is 2. The van der Waals surface area contributed by atoms with E-state index in [-0.39, 0.29) is 23.8 Å². The number of phenolic OH excluding ortho intramolecular Hbond substituents is 1. The summed E-state index contributed by atoms with van der Waals surface area (Å²) in [5, 5.41) is 15.6. The predicted molar refractivity (Wildman–Crippen MR) is 136 cm³/mol. The van der Waals surface area contributed by atoms with Crippen molar-refractivity contribution in [2.75, 3.05) is 32.7 Å². The lowest BCUT2D eigenvalue weighted by molar-refractivity contribution is -0.136. The number of piperazine rings is 1. The second kappa shape index (κ2) is 9.12. The Kier molecular flexibility index (Phi) is 5.95. The van der Waals surface area contributed by atoms with Gasteiger partial charge in [-0.3, -0.25) is 14.5 Å². The molecule has 4 saturated carbocycles. The minimum Gasteiger partial charge on any atom is -0.508 e. The van der Waals surface area contributed by atoms with Gasteiger partial charge in [-0.1, -0.05) is 30.3 Å². The van der Waals surface area contributed by atoms with Gasteiger partial charge in [-0.2, -0.15) is 0 Å². The number of fused-ring (bicyclic) bond motifs is 1. The van der Waals surface area contributed by atoms with Crippen LogP contribution in [0.4, 0.5) is 0 Å². The Labute approximate surface area is 207 Å². The van der Waals surface area contributed by atoms with Gasteiger partial charge in [-0.25, -0.2) is 0 Å². The topological polar surface area (TPSA) is 72.9 Å². The molecule has 6 heteroatoms. The van der Waals surface area contributed by atoms with Crippen LogP contribution in [0.15, 0.2) is 36.4 Å². The average molecular weight is 476 g/mol. The van der Waals surface area contributed by atoms with Gasteiger partial charge in [0, 0.05) is 44.7 Å². The lowest BCUT2D eigenvalue weighted by Gasteiger charge is -2.56. The van der Waals surface area contributed by atoms with Crippen LogP contribution in [-0.2, 0) is 16.1 Å². The molecule has 4 bridgehead atoms. The normalized spacial score (nSPS) is 30.1. The zero-order valence-electron chi connectivity index (χ0n) is 20.5. The van der Waals surface area contributed by atoms with Crippen LogP contribution in [0, 0.1) is 23.2 Å². The van der Waals surface area contributed by atoms with Crippen LogP contribution >= 0.6 is 0 Å². The van der Waals surface area contributed by atoms with Gasteiger partial charge in [-0.15, -0.1) is 0 Å². The molecule has 2 aromatic carbocycles. The zero-order valence-corrected chi connectivity index (χ0v) is 20.5. The molecule has 2 aromatic rings. The van der Waals surface area contributed by atoms with E-state index in [1.54, 1.807) is 6.07 Å². The summed E-state index contributed by atoms with van der Waals surface area (Å²) < 4.78 is 0. The predicted octanol–water partition coefficient (Wildman–Crippen LogP) is 3.91. The zero-order chi connectivity index (χ0) is 24.0. The van der Waals surface area contributed by atoms with Crippen molar-refractivity contribution < 1.29 is 14.7 Å². The maximum absolute atomic E-state index is 12.8. The molecule has 186 valence electrons. The first kappa shape index (κ1) is 22.8. The number of carbonyl (C=O) groups is 2. The Morgan fingerprint density at radius 3 is 2.26 bits per heavy atom. The molecule has 0 atom stereocenters. The molecule has 35 heavy (non-hydrogen) atoms. The fourth-order valence-electron chi connectivity index (χ4n) is 8.07. The summed E-state index contributed by atoms with van der Waals surface area (Å²) in [5.74, 6) is 2.90. The fraction of sp³-hybridized carbons (Fsp3) is 0.586. The van der Waals surface area contributed by atoms with Gasteiger partial charge >= 0.3 is 0 Å². The Balaban J connectivity index is 0.983. The van der Waals surface area contributed by atoms with E-state index in [4.69, 9.17) is 0 Å². The van der Waals surface area contributed by atoms with Gasteiger partial charge in [0.2, 0.25) is 11.8 Å². The minimum atomic E-state index is 0.0107. The van der Waals surface area contributed by atoms with Crippen molar-refractivity contribution in [3.8, 4) is 5.75 Å². The van der Waals surface area contributed by atoms with Gasteiger partial charge in [0.05, 0.1) is 6.54 Å². The third-order valence-corrected chi connectivity index (χ3v) is 9.26. The molecular formula is C29H37N3O3. The smallest absolute Gasteiger partial charge is 0.242 e. The molecule has 0 spiro atoms. The molecule has 0 aromatic heterocycles. The highest BCUT2D eigenvalue weighted by atomic mass is 16.3. The fourth-order valence-corrected chi connectivity index (χ4v) is 8.07. The number of rotatable bonds is 6. The molecule has 1 saturated heterocycles. The molecule has 2 amide bonds. The van der Waals surface area contributed by atoms with Crippen LogP contribution in [-0.4, -0.2) is 59.4 Å². The lowest BCUT2D eigenvalue weighted by Crippen LogP contribution is -2.51. The van der Waals surface area contributed by atoms with Crippen LogP contribution in [0.25, 0.3) is 10.8 Å². The van der Waals surface area contributed by atoms with E-state index in [2.05, 4.69) is 22.3 Å². The summed E-state index contributed by atoms with van der Waals surface area (Å²) in [7, 11) is 0. The van der Waals surface area contributed by atoms with Gasteiger partial charge in [0.1, 0.15) is 5.75 Å². The average Bonchev–Trinajstić information content (AvgIpc) is 2.83.